The van der Waals surface area contributed by atoms with Gasteiger partial charge >= 0.3 is 0 Å². The molecule has 1 saturated carbocycles. The molecule has 0 unspecified atom stereocenters. The normalized spacial score (nSPS) is 29.3. The van der Waals surface area contributed by atoms with Gasteiger partial charge in [-0.25, -0.2) is 8.78 Å². The summed E-state index contributed by atoms with van der Waals surface area (Å²) in [5, 5.41) is 0. The lowest BCUT2D eigenvalue weighted by atomic mass is 9.90. The Morgan fingerprint density at radius 1 is 0.556 bits per heavy atom. The van der Waals surface area contributed by atoms with Crippen molar-refractivity contribution >= 4 is 0 Å². The number of nitrogens with zero attached hydrogens (tertiary/aromatic N) is 4. The van der Waals surface area contributed by atoms with Crippen LogP contribution in [0.25, 0.3) is 0 Å². The summed E-state index contributed by atoms with van der Waals surface area (Å²) in [6, 6.07) is 18.2. The summed E-state index contributed by atoms with van der Waals surface area (Å²) in [5.74, 6) is 1.53. The van der Waals surface area contributed by atoms with Gasteiger partial charge in [0, 0.05) is 76.3 Å². The van der Waals surface area contributed by atoms with Crippen LogP contribution in [0.3, 0.4) is 0 Å². The Bertz CT molecular complexity index is 1810. The SMILES string of the molecule is CC(C)C[C@H]1CO[C@H](C)CN(C)[C@@H](CC(C)(C)F)CO[C@H](Cc2ccc(C3CCOCC3)cc2)CN(C)C2(CC2)CO[C@H](C)CN(C)[C@@H](CC(C)(C)F)CO[C@H](Cc2ccc(C3CCOCC3)cc2)CN1C. The number of ether oxygens (including phenoxy) is 6. The van der Waals surface area contributed by atoms with E-state index in [0.29, 0.717) is 76.7 Å². The summed E-state index contributed by atoms with van der Waals surface area (Å²) < 4.78 is 70.4. The Morgan fingerprint density at radius 2 is 0.958 bits per heavy atom. The summed E-state index contributed by atoms with van der Waals surface area (Å²) >= 11 is 0. The second-order valence-electron chi connectivity index (χ2n) is 24.7. The number of benzene rings is 2. The first-order chi connectivity index (χ1) is 34.1. The Morgan fingerprint density at radius 3 is 1.38 bits per heavy atom. The Kier molecular flexibility index (Phi) is 22.8. The molecule has 0 radical (unpaired) electrons. The fraction of sp³-hybridized carbons (Fsp3) is 0.800. The second kappa shape index (κ2) is 27.8. The van der Waals surface area contributed by atoms with E-state index in [4.69, 9.17) is 28.4 Å². The molecule has 1 spiro atoms. The average molecular weight is 1010 g/mol. The van der Waals surface area contributed by atoms with Crippen molar-refractivity contribution < 1.29 is 37.2 Å². The van der Waals surface area contributed by atoms with E-state index in [1.165, 1.54) is 22.3 Å². The van der Waals surface area contributed by atoms with Gasteiger partial charge in [0.25, 0.3) is 0 Å². The van der Waals surface area contributed by atoms with Crippen LogP contribution in [-0.2, 0) is 41.3 Å². The molecule has 7 atom stereocenters. The van der Waals surface area contributed by atoms with E-state index in [2.05, 4.69) is 124 Å². The van der Waals surface area contributed by atoms with E-state index < -0.39 is 11.3 Å². The molecular formula is C60H100F2N4O6. The molecule has 3 saturated heterocycles. The molecule has 410 valence electrons. The zero-order valence-electron chi connectivity index (χ0n) is 47.2. The molecule has 3 aliphatic heterocycles. The van der Waals surface area contributed by atoms with Gasteiger partial charge in [0.2, 0.25) is 0 Å². The third-order valence-corrected chi connectivity index (χ3v) is 16.3. The predicted molar refractivity (Wildman–Crippen MR) is 289 cm³/mol. The summed E-state index contributed by atoms with van der Waals surface area (Å²) in [5.41, 5.74) is 2.41. The average Bonchev–Trinajstić information content (AvgIpc) is 4.13. The van der Waals surface area contributed by atoms with Crippen LogP contribution in [0.15, 0.2) is 48.5 Å². The van der Waals surface area contributed by atoms with Gasteiger partial charge in [-0.05, 0) is 180 Å². The van der Waals surface area contributed by atoms with Crippen molar-refractivity contribution in [2.24, 2.45) is 5.92 Å². The Balaban J connectivity index is 1.24. The van der Waals surface area contributed by atoms with E-state index in [0.717, 1.165) is 90.8 Å². The maximum Gasteiger partial charge on any atom is 0.107 e. The van der Waals surface area contributed by atoms with E-state index in [1.54, 1.807) is 27.7 Å². The lowest BCUT2D eigenvalue weighted by Crippen LogP contribution is -2.48. The highest BCUT2D eigenvalue weighted by Crippen LogP contribution is 2.42. The molecule has 0 aromatic heterocycles. The van der Waals surface area contributed by atoms with Crippen LogP contribution in [-0.4, -0.2) is 186 Å². The van der Waals surface area contributed by atoms with Crippen molar-refractivity contribution in [1.29, 1.82) is 0 Å². The largest absolute Gasteiger partial charge is 0.381 e. The number of likely N-dealkylation sites (N-methyl/N-ethyl adjacent to an activating group) is 4. The van der Waals surface area contributed by atoms with Gasteiger partial charge in [0.05, 0.1) is 50.8 Å². The molecule has 2 aromatic carbocycles. The summed E-state index contributed by atoms with van der Waals surface area (Å²) in [4.78, 5) is 9.41. The van der Waals surface area contributed by atoms with Gasteiger partial charge in [0.15, 0.2) is 0 Å². The second-order valence-corrected chi connectivity index (χ2v) is 24.7. The number of alkyl halides is 2. The fourth-order valence-electron chi connectivity index (χ4n) is 11.5. The molecular weight excluding hydrogens is 911 g/mol. The molecule has 4 aliphatic rings. The lowest BCUT2D eigenvalue weighted by molar-refractivity contribution is -0.0593. The maximum atomic E-state index is 15.7. The standard InChI is InChI=1S/C60H100F2N4O6/c1-44(2)31-53-40-69-45(3)36-63(9)55(35-59(7,8)62)42-71-57(33-48-15-19-50(20-16-48)52-23-29-68-30-24-52)39-66(12)60(25-26-60)43-72-46(4)37-64(10)54(34-58(5,6)61)41-70-56(38-65(53)11)32-47-13-17-49(18-14-47)51-21-27-67-28-22-51/h13-20,44-46,51-57H,21-43H2,1-12H3/t45-,46-,53+,54+,55+,56-,57-/m1/s1. The zero-order valence-corrected chi connectivity index (χ0v) is 47.2. The van der Waals surface area contributed by atoms with E-state index in [1.807, 2.05) is 0 Å². The minimum atomic E-state index is -1.37. The van der Waals surface area contributed by atoms with Crippen LogP contribution in [0.4, 0.5) is 8.78 Å². The highest BCUT2D eigenvalue weighted by Gasteiger charge is 2.47. The molecule has 1 aliphatic carbocycles. The van der Waals surface area contributed by atoms with Crippen molar-refractivity contribution in [1.82, 2.24) is 19.6 Å². The number of rotatable bonds is 12. The van der Waals surface area contributed by atoms with E-state index in [9.17, 15) is 0 Å². The van der Waals surface area contributed by atoms with Gasteiger partial charge in [-0.15, -0.1) is 0 Å². The Hall–Kier alpha value is -2.10. The van der Waals surface area contributed by atoms with Crippen molar-refractivity contribution in [3.63, 3.8) is 0 Å². The van der Waals surface area contributed by atoms with E-state index >= 15 is 8.78 Å². The van der Waals surface area contributed by atoms with Crippen LogP contribution < -0.4 is 0 Å². The summed E-state index contributed by atoms with van der Waals surface area (Å²) in [6.07, 6.45) is 9.11. The third-order valence-electron chi connectivity index (χ3n) is 16.3. The first-order valence-electron chi connectivity index (χ1n) is 28.1. The van der Waals surface area contributed by atoms with Crippen molar-refractivity contribution in [3.05, 3.63) is 70.8 Å². The van der Waals surface area contributed by atoms with Crippen LogP contribution in [0.1, 0.15) is 147 Å². The monoisotopic (exact) mass is 1010 g/mol. The molecule has 72 heavy (non-hydrogen) atoms. The van der Waals surface area contributed by atoms with Crippen molar-refractivity contribution in [3.8, 4) is 0 Å². The minimum absolute atomic E-state index is 0.0753. The summed E-state index contributed by atoms with van der Waals surface area (Å²) in [6.45, 7) is 23.6. The topological polar surface area (TPSA) is 68.3 Å². The molecule has 4 fully saturated rings. The van der Waals surface area contributed by atoms with E-state index in [-0.39, 0.29) is 48.1 Å². The van der Waals surface area contributed by atoms with Crippen LogP contribution >= 0.6 is 0 Å². The predicted octanol–water partition coefficient (Wildman–Crippen LogP) is 10.5. The van der Waals surface area contributed by atoms with Crippen molar-refractivity contribution in [2.45, 2.75) is 197 Å². The first kappa shape index (κ1) is 59.1. The number of hydrogen-bond acceptors (Lipinski definition) is 10. The fourth-order valence-corrected chi connectivity index (χ4v) is 11.5. The molecule has 12 heteroatoms. The van der Waals surface area contributed by atoms with Gasteiger partial charge < -0.3 is 28.4 Å². The minimum Gasteiger partial charge on any atom is -0.381 e. The van der Waals surface area contributed by atoms with Crippen LogP contribution in [0.5, 0.6) is 0 Å². The number of halogens is 2. The molecule has 10 nitrogen and oxygen atoms in total. The highest BCUT2D eigenvalue weighted by atomic mass is 19.1. The maximum absolute atomic E-state index is 15.7. The number of hydrogen-bond donors (Lipinski definition) is 0. The molecule has 2 aromatic rings. The molecule has 0 N–H and O–H groups in total. The quantitative estimate of drug-likeness (QED) is 0.205. The molecule has 6 rings (SSSR count). The van der Waals surface area contributed by atoms with Crippen LogP contribution in [0.2, 0.25) is 0 Å². The van der Waals surface area contributed by atoms with Gasteiger partial charge in [-0.2, -0.15) is 0 Å². The third kappa shape index (κ3) is 19.8. The molecule has 0 amide bonds. The lowest BCUT2D eigenvalue weighted by Gasteiger charge is -2.38. The van der Waals surface area contributed by atoms with Crippen LogP contribution in [0, 0.1) is 5.92 Å². The first-order valence-corrected chi connectivity index (χ1v) is 28.1. The summed E-state index contributed by atoms with van der Waals surface area (Å²) in [7, 11) is 8.62. The zero-order chi connectivity index (χ0) is 52.1. The smallest absolute Gasteiger partial charge is 0.107 e. The van der Waals surface area contributed by atoms with Gasteiger partial charge in [0.1, 0.15) is 11.3 Å². The highest BCUT2D eigenvalue weighted by molar-refractivity contribution is 5.27. The molecule has 3 heterocycles. The molecule has 0 bridgehead atoms. The van der Waals surface area contributed by atoms with Gasteiger partial charge in [-0.1, -0.05) is 62.4 Å². The van der Waals surface area contributed by atoms with Gasteiger partial charge in [-0.3, -0.25) is 19.6 Å². The van der Waals surface area contributed by atoms with Crippen molar-refractivity contribution in [2.75, 3.05) is 107 Å². The Labute approximate surface area is 436 Å².